The third kappa shape index (κ3) is 2.16. The van der Waals surface area contributed by atoms with Gasteiger partial charge in [-0.3, -0.25) is 9.48 Å². The van der Waals surface area contributed by atoms with Crippen molar-refractivity contribution in [1.29, 1.82) is 0 Å². The fraction of sp³-hybridized carbons (Fsp3) is 0.611. The normalized spacial score (nSPS) is 24.6. The second-order valence-electron chi connectivity index (χ2n) is 7.11. The average Bonchev–Trinajstić information content (AvgIpc) is 2.85. The molecule has 2 fully saturated rings. The summed E-state index contributed by atoms with van der Waals surface area (Å²) in [6.07, 6.45) is 6.48. The van der Waals surface area contributed by atoms with Crippen molar-refractivity contribution >= 4 is 16.9 Å². The Kier molecular flexibility index (Phi) is 3.60. The minimum Gasteiger partial charge on any atom is -0.378 e. The van der Waals surface area contributed by atoms with Gasteiger partial charge in [0, 0.05) is 30.8 Å². The topological polar surface area (TPSA) is 69.0 Å². The molecule has 6 heteroatoms. The minimum absolute atomic E-state index is 0.0234. The molecule has 0 saturated heterocycles. The number of nitrogens with one attached hydrogen (secondary N) is 1. The zero-order chi connectivity index (χ0) is 16.9. The van der Waals surface area contributed by atoms with E-state index in [2.05, 4.69) is 15.4 Å². The molecule has 0 aliphatic heterocycles. The van der Waals surface area contributed by atoms with Crippen molar-refractivity contribution in [2.45, 2.75) is 51.7 Å². The van der Waals surface area contributed by atoms with Crippen molar-refractivity contribution in [2.75, 3.05) is 6.61 Å². The quantitative estimate of drug-likeness (QED) is 0.935. The number of hydrogen-bond acceptors (Lipinski definition) is 4. The number of rotatable bonds is 4. The lowest BCUT2D eigenvalue weighted by molar-refractivity contribution is -0.169. The molecule has 6 nitrogen and oxygen atoms in total. The summed E-state index contributed by atoms with van der Waals surface area (Å²) in [5, 5.41) is 8.31. The predicted molar refractivity (Wildman–Crippen MR) is 90.8 cm³/mol. The van der Waals surface area contributed by atoms with E-state index in [1.165, 1.54) is 6.42 Å². The second kappa shape index (κ2) is 5.55. The van der Waals surface area contributed by atoms with Gasteiger partial charge in [-0.15, -0.1) is 0 Å². The van der Waals surface area contributed by atoms with Crippen LogP contribution in [0.1, 0.15) is 48.7 Å². The first kappa shape index (κ1) is 15.6. The van der Waals surface area contributed by atoms with Crippen LogP contribution in [0.3, 0.4) is 0 Å². The highest BCUT2D eigenvalue weighted by molar-refractivity contribution is 6.05. The molecule has 0 radical (unpaired) electrons. The number of nitrogens with zero attached hydrogens (tertiary/aromatic N) is 3. The van der Waals surface area contributed by atoms with Gasteiger partial charge >= 0.3 is 0 Å². The number of amides is 1. The zero-order valence-electron chi connectivity index (χ0n) is 14.5. The first-order valence-electron chi connectivity index (χ1n) is 8.77. The van der Waals surface area contributed by atoms with Gasteiger partial charge in [0.1, 0.15) is 0 Å². The van der Waals surface area contributed by atoms with E-state index in [9.17, 15) is 4.79 Å². The summed E-state index contributed by atoms with van der Waals surface area (Å²) in [7, 11) is 1.85. The summed E-state index contributed by atoms with van der Waals surface area (Å²) in [5.74, 6) is -0.0234. The van der Waals surface area contributed by atoms with Gasteiger partial charge in [0.2, 0.25) is 0 Å². The Balaban J connectivity index is 1.57. The number of carbonyl (C=O) groups is 1. The van der Waals surface area contributed by atoms with Crippen molar-refractivity contribution in [3.63, 3.8) is 0 Å². The molecular formula is C18H24N4O2. The van der Waals surface area contributed by atoms with E-state index in [1.807, 2.05) is 27.0 Å². The Morgan fingerprint density at radius 3 is 2.96 bits per heavy atom. The highest BCUT2D eigenvalue weighted by Gasteiger charge is 2.59. The molecule has 0 unspecified atom stereocenters. The predicted octanol–water partition coefficient (Wildman–Crippen LogP) is 2.35. The zero-order valence-corrected chi connectivity index (χ0v) is 14.5. The van der Waals surface area contributed by atoms with E-state index in [1.54, 1.807) is 10.9 Å². The third-order valence-electron chi connectivity index (χ3n) is 5.82. The summed E-state index contributed by atoms with van der Waals surface area (Å²) in [6.45, 7) is 4.69. The van der Waals surface area contributed by atoms with Gasteiger partial charge in [0.05, 0.1) is 23.3 Å². The second-order valence-corrected chi connectivity index (χ2v) is 7.11. The van der Waals surface area contributed by atoms with E-state index in [0.717, 1.165) is 42.6 Å². The molecule has 2 saturated carbocycles. The van der Waals surface area contributed by atoms with Crippen LogP contribution in [0.4, 0.5) is 0 Å². The highest BCUT2D eigenvalue weighted by atomic mass is 16.5. The third-order valence-corrected chi connectivity index (χ3v) is 5.82. The van der Waals surface area contributed by atoms with Crippen LogP contribution in [0.25, 0.3) is 11.0 Å². The number of hydrogen-bond donors (Lipinski definition) is 1. The van der Waals surface area contributed by atoms with Gasteiger partial charge < -0.3 is 10.1 Å². The largest absolute Gasteiger partial charge is 0.378 e. The SMILES string of the molecule is CCO[C@H]1C[C@H](NC(=O)c2cc(C)nc3c2cnn3C)C12CCC2. The van der Waals surface area contributed by atoms with Crippen molar-refractivity contribution < 1.29 is 9.53 Å². The fourth-order valence-electron chi connectivity index (χ4n) is 4.30. The first-order chi connectivity index (χ1) is 11.5. The Bertz CT molecular complexity index is 794. The highest BCUT2D eigenvalue weighted by Crippen LogP contribution is 2.57. The summed E-state index contributed by atoms with van der Waals surface area (Å²) < 4.78 is 7.58. The van der Waals surface area contributed by atoms with Gasteiger partial charge in [-0.1, -0.05) is 6.42 Å². The van der Waals surface area contributed by atoms with Crippen molar-refractivity contribution in [3.05, 3.63) is 23.5 Å². The molecule has 4 rings (SSSR count). The van der Waals surface area contributed by atoms with Gasteiger partial charge in [0.15, 0.2) is 5.65 Å². The van der Waals surface area contributed by atoms with Crippen molar-refractivity contribution in [3.8, 4) is 0 Å². The number of carbonyl (C=O) groups excluding carboxylic acids is 1. The van der Waals surface area contributed by atoms with E-state index < -0.39 is 0 Å². The standard InChI is InChI=1S/C18H24N4O2/c1-4-24-15-9-14(18(15)6-5-7-18)21-17(23)12-8-11(2)20-16-13(12)10-19-22(16)3/h8,10,14-15H,4-7,9H2,1-3H3,(H,21,23)/t14-,15-/m0/s1. The van der Waals surface area contributed by atoms with Crippen LogP contribution in [0, 0.1) is 12.3 Å². The molecule has 24 heavy (non-hydrogen) atoms. The number of aryl methyl sites for hydroxylation is 2. The maximum atomic E-state index is 12.9. The molecule has 2 aromatic heterocycles. The van der Waals surface area contributed by atoms with Crippen LogP contribution in [0.15, 0.2) is 12.3 Å². The summed E-state index contributed by atoms with van der Waals surface area (Å²) in [4.78, 5) is 17.4. The van der Waals surface area contributed by atoms with Gasteiger partial charge in [-0.2, -0.15) is 5.10 Å². The molecular weight excluding hydrogens is 304 g/mol. The molecule has 2 aromatic rings. The van der Waals surface area contributed by atoms with Gasteiger partial charge in [-0.05, 0) is 39.2 Å². The fourth-order valence-corrected chi connectivity index (χ4v) is 4.30. The van der Waals surface area contributed by atoms with Crippen molar-refractivity contribution in [1.82, 2.24) is 20.1 Å². The number of ether oxygens (including phenoxy) is 1. The van der Waals surface area contributed by atoms with Crippen LogP contribution in [-0.2, 0) is 11.8 Å². The molecule has 0 bridgehead atoms. The van der Waals surface area contributed by atoms with Crippen LogP contribution in [0.2, 0.25) is 0 Å². The number of pyridine rings is 1. The van der Waals surface area contributed by atoms with E-state index in [4.69, 9.17) is 4.74 Å². The van der Waals surface area contributed by atoms with E-state index >= 15 is 0 Å². The Morgan fingerprint density at radius 1 is 1.50 bits per heavy atom. The Hall–Kier alpha value is -1.95. The Labute approximate surface area is 141 Å². The number of aromatic nitrogens is 3. The molecule has 0 aromatic carbocycles. The van der Waals surface area contributed by atoms with Crippen molar-refractivity contribution in [2.24, 2.45) is 12.5 Å². The monoisotopic (exact) mass is 328 g/mol. The molecule has 2 atom stereocenters. The van der Waals surface area contributed by atoms with E-state index in [0.29, 0.717) is 11.7 Å². The molecule has 1 amide bonds. The molecule has 128 valence electrons. The molecule has 1 spiro atoms. The lowest BCUT2D eigenvalue weighted by Gasteiger charge is -2.61. The average molecular weight is 328 g/mol. The summed E-state index contributed by atoms with van der Waals surface area (Å²) >= 11 is 0. The minimum atomic E-state index is -0.0234. The molecule has 1 N–H and O–H groups in total. The molecule has 2 heterocycles. The first-order valence-corrected chi connectivity index (χ1v) is 8.77. The Morgan fingerprint density at radius 2 is 2.29 bits per heavy atom. The summed E-state index contributed by atoms with van der Waals surface area (Å²) in [6, 6.07) is 2.07. The maximum absolute atomic E-state index is 12.9. The maximum Gasteiger partial charge on any atom is 0.252 e. The van der Waals surface area contributed by atoms with Crippen LogP contribution in [0.5, 0.6) is 0 Å². The lowest BCUT2D eigenvalue weighted by Crippen LogP contribution is -2.67. The lowest BCUT2D eigenvalue weighted by atomic mass is 9.51. The van der Waals surface area contributed by atoms with Gasteiger partial charge in [0.25, 0.3) is 5.91 Å². The van der Waals surface area contributed by atoms with E-state index in [-0.39, 0.29) is 17.4 Å². The summed E-state index contributed by atoms with van der Waals surface area (Å²) in [5.41, 5.74) is 2.41. The van der Waals surface area contributed by atoms with Crippen LogP contribution >= 0.6 is 0 Å². The molecule has 2 aliphatic rings. The number of fused-ring (bicyclic) bond motifs is 1. The van der Waals surface area contributed by atoms with Gasteiger partial charge in [-0.25, -0.2) is 4.98 Å². The van der Waals surface area contributed by atoms with Crippen LogP contribution in [-0.4, -0.2) is 39.4 Å². The van der Waals surface area contributed by atoms with Crippen LogP contribution < -0.4 is 5.32 Å². The smallest absolute Gasteiger partial charge is 0.252 e. The molecule has 2 aliphatic carbocycles.